The number of nitrogens with one attached hydrogen (secondary N) is 1. The molecule has 1 aromatic carbocycles. The molecule has 0 amide bonds. The van der Waals surface area contributed by atoms with Crippen molar-refractivity contribution < 1.29 is 13.9 Å². The normalized spacial score (nSPS) is 13.6. The molecule has 0 radical (unpaired) electrons. The third-order valence-electron chi connectivity index (χ3n) is 2.66. The second-order valence-electron chi connectivity index (χ2n) is 4.22. The van der Waals surface area contributed by atoms with Gasteiger partial charge in [-0.15, -0.1) is 0 Å². The Morgan fingerprint density at radius 2 is 1.94 bits per heavy atom. The van der Waals surface area contributed by atoms with Gasteiger partial charge in [0.15, 0.2) is 0 Å². The number of alkyl halides is 2. The molecule has 0 aromatic heterocycles. The SMILES string of the molecule is CC(CCCO)NCC(F)(F)c1ccccc1. The van der Waals surface area contributed by atoms with Gasteiger partial charge in [0.2, 0.25) is 0 Å². The van der Waals surface area contributed by atoms with E-state index in [1.807, 2.05) is 6.92 Å². The number of hydrogen-bond donors (Lipinski definition) is 2. The number of aliphatic hydroxyl groups excluding tert-OH is 1. The van der Waals surface area contributed by atoms with Crippen LogP contribution < -0.4 is 5.32 Å². The molecule has 0 spiro atoms. The maximum atomic E-state index is 13.7. The largest absolute Gasteiger partial charge is 0.396 e. The molecule has 17 heavy (non-hydrogen) atoms. The first-order chi connectivity index (χ1) is 8.06. The van der Waals surface area contributed by atoms with E-state index < -0.39 is 5.92 Å². The molecule has 2 nitrogen and oxygen atoms in total. The van der Waals surface area contributed by atoms with Crippen molar-refractivity contribution in [3.8, 4) is 0 Å². The first-order valence-corrected chi connectivity index (χ1v) is 5.84. The third-order valence-corrected chi connectivity index (χ3v) is 2.66. The molecule has 2 N–H and O–H groups in total. The van der Waals surface area contributed by atoms with Gasteiger partial charge in [-0.05, 0) is 19.8 Å². The lowest BCUT2D eigenvalue weighted by atomic mass is 10.1. The average molecular weight is 243 g/mol. The standard InChI is InChI=1S/C13H19F2NO/c1-11(6-5-9-17)16-10-13(14,15)12-7-3-2-4-8-12/h2-4,7-8,11,16-17H,5-6,9-10H2,1H3. The maximum Gasteiger partial charge on any atom is 0.285 e. The highest BCUT2D eigenvalue weighted by molar-refractivity contribution is 5.20. The van der Waals surface area contributed by atoms with Crippen molar-refractivity contribution in [2.45, 2.75) is 31.7 Å². The fourth-order valence-corrected chi connectivity index (χ4v) is 1.59. The third kappa shape index (κ3) is 4.79. The van der Waals surface area contributed by atoms with Crippen molar-refractivity contribution >= 4 is 0 Å². The molecule has 0 aliphatic rings. The van der Waals surface area contributed by atoms with E-state index in [0.29, 0.717) is 12.8 Å². The van der Waals surface area contributed by atoms with E-state index in [2.05, 4.69) is 5.32 Å². The lowest BCUT2D eigenvalue weighted by Crippen LogP contribution is -2.36. The van der Waals surface area contributed by atoms with E-state index >= 15 is 0 Å². The zero-order valence-corrected chi connectivity index (χ0v) is 10.00. The number of hydrogen-bond acceptors (Lipinski definition) is 2. The quantitative estimate of drug-likeness (QED) is 0.771. The predicted molar refractivity (Wildman–Crippen MR) is 64.1 cm³/mol. The van der Waals surface area contributed by atoms with Crippen LogP contribution in [0, 0.1) is 0 Å². The van der Waals surface area contributed by atoms with Gasteiger partial charge < -0.3 is 10.4 Å². The highest BCUT2D eigenvalue weighted by Gasteiger charge is 2.31. The van der Waals surface area contributed by atoms with Gasteiger partial charge in [-0.2, -0.15) is 8.78 Å². The van der Waals surface area contributed by atoms with E-state index in [-0.39, 0.29) is 24.8 Å². The summed E-state index contributed by atoms with van der Waals surface area (Å²) in [5, 5.41) is 11.4. The van der Waals surface area contributed by atoms with Gasteiger partial charge in [0.25, 0.3) is 5.92 Å². The smallest absolute Gasteiger partial charge is 0.285 e. The van der Waals surface area contributed by atoms with Crippen LogP contribution in [0.3, 0.4) is 0 Å². The summed E-state index contributed by atoms with van der Waals surface area (Å²) in [7, 11) is 0. The molecule has 4 heteroatoms. The van der Waals surface area contributed by atoms with Crippen molar-refractivity contribution in [2.75, 3.05) is 13.2 Å². The Balaban J connectivity index is 2.45. The highest BCUT2D eigenvalue weighted by Crippen LogP contribution is 2.26. The van der Waals surface area contributed by atoms with Crippen LogP contribution in [-0.4, -0.2) is 24.3 Å². The zero-order chi connectivity index (χ0) is 12.7. The molecule has 1 atom stereocenters. The minimum atomic E-state index is -2.85. The number of aliphatic hydroxyl groups is 1. The van der Waals surface area contributed by atoms with Crippen LogP contribution in [0.15, 0.2) is 30.3 Å². The molecule has 0 bridgehead atoms. The van der Waals surface area contributed by atoms with Crippen LogP contribution in [-0.2, 0) is 5.92 Å². The molecule has 0 saturated heterocycles. The summed E-state index contributed by atoms with van der Waals surface area (Å²) in [6.45, 7) is 1.57. The van der Waals surface area contributed by atoms with E-state index in [1.54, 1.807) is 18.2 Å². The first kappa shape index (κ1) is 14.1. The summed E-state index contributed by atoms with van der Waals surface area (Å²) < 4.78 is 27.5. The lowest BCUT2D eigenvalue weighted by Gasteiger charge is -2.20. The van der Waals surface area contributed by atoms with Crippen LogP contribution in [0.5, 0.6) is 0 Å². The van der Waals surface area contributed by atoms with Crippen molar-refractivity contribution in [1.82, 2.24) is 5.32 Å². The van der Waals surface area contributed by atoms with Gasteiger partial charge >= 0.3 is 0 Å². The Labute approximate surface area is 101 Å². The Bertz CT molecular complexity index is 316. The van der Waals surface area contributed by atoms with Crippen LogP contribution in [0.1, 0.15) is 25.3 Å². The molecule has 1 aromatic rings. The molecule has 0 saturated carbocycles. The summed E-state index contributed by atoms with van der Waals surface area (Å²) in [6.07, 6.45) is 1.33. The van der Waals surface area contributed by atoms with Gasteiger partial charge in [0, 0.05) is 18.2 Å². The predicted octanol–water partition coefficient (Wildman–Crippen LogP) is 2.53. The monoisotopic (exact) mass is 243 g/mol. The molecule has 0 fully saturated rings. The molecule has 0 heterocycles. The Morgan fingerprint density at radius 1 is 1.29 bits per heavy atom. The van der Waals surface area contributed by atoms with E-state index in [9.17, 15) is 8.78 Å². The molecule has 96 valence electrons. The van der Waals surface area contributed by atoms with Crippen LogP contribution in [0.2, 0.25) is 0 Å². The number of halogens is 2. The second kappa shape index (κ2) is 6.67. The first-order valence-electron chi connectivity index (χ1n) is 5.84. The molecule has 0 aliphatic carbocycles. The Hall–Kier alpha value is -1.00. The Kier molecular flexibility index (Phi) is 5.51. The van der Waals surface area contributed by atoms with E-state index in [0.717, 1.165) is 0 Å². The second-order valence-corrected chi connectivity index (χ2v) is 4.22. The van der Waals surface area contributed by atoms with Gasteiger partial charge in [-0.25, -0.2) is 0 Å². The molecule has 0 aliphatic heterocycles. The van der Waals surface area contributed by atoms with E-state index in [4.69, 9.17) is 5.11 Å². The summed E-state index contributed by atoms with van der Waals surface area (Å²) in [4.78, 5) is 0. The van der Waals surface area contributed by atoms with E-state index in [1.165, 1.54) is 12.1 Å². The minimum Gasteiger partial charge on any atom is -0.396 e. The minimum absolute atomic E-state index is 0.0169. The van der Waals surface area contributed by atoms with Gasteiger partial charge in [-0.3, -0.25) is 0 Å². The van der Waals surface area contributed by atoms with Crippen LogP contribution >= 0.6 is 0 Å². The molecule has 1 unspecified atom stereocenters. The average Bonchev–Trinajstić information content (AvgIpc) is 2.35. The zero-order valence-electron chi connectivity index (χ0n) is 10.00. The van der Waals surface area contributed by atoms with Gasteiger partial charge in [0.05, 0.1) is 6.54 Å². The van der Waals surface area contributed by atoms with Crippen LogP contribution in [0.25, 0.3) is 0 Å². The number of benzene rings is 1. The van der Waals surface area contributed by atoms with Crippen molar-refractivity contribution in [2.24, 2.45) is 0 Å². The van der Waals surface area contributed by atoms with Crippen LogP contribution in [0.4, 0.5) is 8.78 Å². The van der Waals surface area contributed by atoms with Crippen molar-refractivity contribution in [1.29, 1.82) is 0 Å². The summed E-state index contributed by atoms with van der Waals surface area (Å²) >= 11 is 0. The van der Waals surface area contributed by atoms with Crippen molar-refractivity contribution in [3.05, 3.63) is 35.9 Å². The summed E-state index contributed by atoms with van der Waals surface area (Å²) in [6, 6.07) is 7.78. The fraction of sp³-hybridized carbons (Fsp3) is 0.538. The lowest BCUT2D eigenvalue weighted by molar-refractivity contribution is -0.00560. The molecule has 1 rings (SSSR count). The van der Waals surface area contributed by atoms with Crippen molar-refractivity contribution in [3.63, 3.8) is 0 Å². The number of rotatable bonds is 7. The Morgan fingerprint density at radius 3 is 2.53 bits per heavy atom. The maximum absolute atomic E-state index is 13.7. The molecular weight excluding hydrogens is 224 g/mol. The van der Waals surface area contributed by atoms with Gasteiger partial charge in [0.1, 0.15) is 0 Å². The summed E-state index contributed by atoms with van der Waals surface area (Å²) in [5.41, 5.74) is 0.0295. The highest BCUT2D eigenvalue weighted by atomic mass is 19.3. The fourth-order valence-electron chi connectivity index (χ4n) is 1.59. The summed E-state index contributed by atoms with van der Waals surface area (Å²) in [5.74, 6) is -2.85. The topological polar surface area (TPSA) is 32.3 Å². The van der Waals surface area contributed by atoms with Gasteiger partial charge in [-0.1, -0.05) is 30.3 Å². The molecular formula is C13H19F2NO.